The molecule has 0 bridgehead atoms. The molecule has 1 saturated heterocycles. The monoisotopic (exact) mass is 290 g/mol. The zero-order valence-electron chi connectivity index (χ0n) is 11.0. The molecule has 0 spiro atoms. The molecule has 1 fully saturated rings. The molecule has 0 saturated carbocycles. The number of carbonyl (C=O) groups is 1. The molecule has 1 amide bonds. The van der Waals surface area contributed by atoms with Crippen LogP contribution in [0.25, 0.3) is 0 Å². The molecule has 0 aliphatic carbocycles. The molecule has 3 rings (SSSR count). The normalized spacial score (nSPS) is 17.8. The summed E-state index contributed by atoms with van der Waals surface area (Å²) in [5.41, 5.74) is -0.240. The average molecular weight is 290 g/mol. The molecular formula is C13H14N4O4. The maximum absolute atomic E-state index is 12.0. The van der Waals surface area contributed by atoms with E-state index in [1.54, 1.807) is 0 Å². The fourth-order valence-corrected chi connectivity index (χ4v) is 2.24. The van der Waals surface area contributed by atoms with Gasteiger partial charge in [0.25, 0.3) is 5.91 Å². The van der Waals surface area contributed by atoms with Crippen LogP contribution in [0.2, 0.25) is 0 Å². The van der Waals surface area contributed by atoms with Gasteiger partial charge in [0.2, 0.25) is 5.89 Å². The fourth-order valence-electron chi connectivity index (χ4n) is 2.24. The van der Waals surface area contributed by atoms with E-state index in [9.17, 15) is 15.0 Å². The lowest BCUT2D eigenvalue weighted by Crippen LogP contribution is -2.13. The van der Waals surface area contributed by atoms with Crippen LogP contribution in [0.1, 0.15) is 35.1 Å². The predicted octanol–water partition coefficient (Wildman–Crippen LogP) is 1.16. The number of aromatic nitrogens is 2. The molecule has 1 aromatic carbocycles. The van der Waals surface area contributed by atoms with E-state index < -0.39 is 5.91 Å². The van der Waals surface area contributed by atoms with Gasteiger partial charge >= 0.3 is 6.01 Å². The van der Waals surface area contributed by atoms with Gasteiger partial charge in [0.05, 0.1) is 6.04 Å². The van der Waals surface area contributed by atoms with Crippen LogP contribution >= 0.6 is 0 Å². The van der Waals surface area contributed by atoms with Gasteiger partial charge in [-0.15, -0.1) is 5.10 Å². The fraction of sp³-hybridized carbons (Fsp3) is 0.308. The van der Waals surface area contributed by atoms with E-state index in [0.29, 0.717) is 5.89 Å². The van der Waals surface area contributed by atoms with Crippen LogP contribution in [-0.4, -0.2) is 32.9 Å². The Bertz CT molecular complexity index is 644. The summed E-state index contributed by atoms with van der Waals surface area (Å²) in [6, 6.07) is 3.96. The third kappa shape index (κ3) is 2.65. The molecule has 21 heavy (non-hydrogen) atoms. The number of benzene rings is 1. The van der Waals surface area contributed by atoms with Gasteiger partial charge in [0.15, 0.2) is 0 Å². The zero-order chi connectivity index (χ0) is 14.8. The third-order valence-electron chi connectivity index (χ3n) is 3.27. The third-order valence-corrected chi connectivity index (χ3v) is 3.27. The lowest BCUT2D eigenvalue weighted by molar-refractivity contribution is 0.101. The molecule has 2 aromatic rings. The minimum absolute atomic E-state index is 0.00156. The highest BCUT2D eigenvalue weighted by Gasteiger charge is 2.23. The van der Waals surface area contributed by atoms with Crippen molar-refractivity contribution >= 4 is 11.9 Å². The number of anilines is 1. The topological polar surface area (TPSA) is 121 Å². The Balaban J connectivity index is 1.76. The van der Waals surface area contributed by atoms with E-state index in [0.717, 1.165) is 19.4 Å². The number of aromatic hydroxyl groups is 2. The summed E-state index contributed by atoms with van der Waals surface area (Å²) in [7, 11) is 0. The molecule has 8 heteroatoms. The van der Waals surface area contributed by atoms with E-state index >= 15 is 0 Å². The van der Waals surface area contributed by atoms with Crippen LogP contribution < -0.4 is 10.6 Å². The van der Waals surface area contributed by atoms with Crippen molar-refractivity contribution in [2.75, 3.05) is 11.9 Å². The number of rotatable bonds is 3. The minimum Gasteiger partial charge on any atom is -0.507 e. The van der Waals surface area contributed by atoms with E-state index in [4.69, 9.17) is 4.42 Å². The second-order valence-corrected chi connectivity index (χ2v) is 4.72. The molecule has 8 nitrogen and oxygen atoms in total. The van der Waals surface area contributed by atoms with Gasteiger partial charge in [-0.2, -0.15) is 0 Å². The highest BCUT2D eigenvalue weighted by atomic mass is 16.4. The van der Waals surface area contributed by atoms with Gasteiger partial charge in [-0.05, 0) is 31.5 Å². The Hall–Kier alpha value is -2.61. The largest absolute Gasteiger partial charge is 0.507 e. The summed E-state index contributed by atoms with van der Waals surface area (Å²) >= 11 is 0. The number of nitrogens with one attached hydrogen (secondary N) is 2. The molecule has 1 unspecified atom stereocenters. The smallest absolute Gasteiger partial charge is 0.322 e. The minimum atomic E-state index is -0.722. The molecule has 110 valence electrons. The molecular weight excluding hydrogens is 276 g/mol. The summed E-state index contributed by atoms with van der Waals surface area (Å²) in [6.45, 7) is 0.889. The van der Waals surface area contributed by atoms with Gasteiger partial charge < -0.3 is 19.9 Å². The average Bonchev–Trinajstić information content (AvgIpc) is 3.08. The van der Waals surface area contributed by atoms with Crippen molar-refractivity contribution in [3.05, 3.63) is 29.7 Å². The second kappa shape index (κ2) is 5.41. The van der Waals surface area contributed by atoms with Crippen molar-refractivity contribution in [2.24, 2.45) is 0 Å². The first-order chi connectivity index (χ1) is 10.1. The number of nitrogens with zero attached hydrogens (tertiary/aromatic N) is 2. The van der Waals surface area contributed by atoms with Gasteiger partial charge in [0, 0.05) is 0 Å². The Kier molecular flexibility index (Phi) is 3.44. The highest BCUT2D eigenvalue weighted by molar-refractivity contribution is 6.07. The van der Waals surface area contributed by atoms with Crippen LogP contribution in [0.5, 0.6) is 11.5 Å². The van der Waals surface area contributed by atoms with Crippen molar-refractivity contribution in [1.82, 2.24) is 15.5 Å². The van der Waals surface area contributed by atoms with Gasteiger partial charge in [-0.3, -0.25) is 10.1 Å². The Morgan fingerprint density at radius 3 is 2.76 bits per heavy atom. The molecule has 1 atom stereocenters. The van der Waals surface area contributed by atoms with Crippen molar-refractivity contribution in [1.29, 1.82) is 0 Å². The quantitative estimate of drug-likeness (QED) is 0.669. The number of hydrogen-bond acceptors (Lipinski definition) is 7. The van der Waals surface area contributed by atoms with Crippen LogP contribution in [0.3, 0.4) is 0 Å². The SMILES string of the molecule is O=C(Nc1nnc(C2CCCN2)o1)c1c(O)cccc1O. The molecule has 1 aliphatic rings. The van der Waals surface area contributed by atoms with Crippen LogP contribution in [0, 0.1) is 0 Å². The van der Waals surface area contributed by atoms with Crippen molar-refractivity contribution in [3.8, 4) is 11.5 Å². The summed E-state index contributed by atoms with van der Waals surface area (Å²) in [5.74, 6) is -0.973. The first-order valence-corrected chi connectivity index (χ1v) is 6.54. The summed E-state index contributed by atoms with van der Waals surface area (Å²) < 4.78 is 5.36. The van der Waals surface area contributed by atoms with Gasteiger partial charge in [0.1, 0.15) is 17.1 Å². The number of phenols is 2. The lowest BCUT2D eigenvalue weighted by atomic mass is 10.1. The standard InChI is InChI=1S/C13H14N4O4/c18-8-4-1-5-9(19)10(8)11(20)15-13-17-16-12(21-13)7-3-2-6-14-7/h1,4-5,7,14,18-19H,2-3,6H2,(H,15,17,20). The van der Waals surface area contributed by atoms with Crippen LogP contribution in [0.15, 0.2) is 22.6 Å². The number of amides is 1. The maximum atomic E-state index is 12.0. The Morgan fingerprint density at radius 2 is 2.10 bits per heavy atom. The van der Waals surface area contributed by atoms with Gasteiger partial charge in [-0.25, -0.2) is 0 Å². The van der Waals surface area contributed by atoms with Crippen molar-refractivity contribution in [2.45, 2.75) is 18.9 Å². The summed E-state index contributed by atoms with van der Waals surface area (Å²) in [5, 5.41) is 32.4. The van der Waals surface area contributed by atoms with E-state index in [1.807, 2.05) is 0 Å². The van der Waals surface area contributed by atoms with Crippen molar-refractivity contribution < 1.29 is 19.4 Å². The number of hydrogen-bond donors (Lipinski definition) is 4. The van der Waals surface area contributed by atoms with Gasteiger partial charge in [-0.1, -0.05) is 11.2 Å². The zero-order valence-corrected chi connectivity index (χ0v) is 11.0. The first kappa shape index (κ1) is 13.4. The highest BCUT2D eigenvalue weighted by Crippen LogP contribution is 2.27. The molecule has 4 N–H and O–H groups in total. The maximum Gasteiger partial charge on any atom is 0.322 e. The lowest BCUT2D eigenvalue weighted by Gasteiger charge is -2.05. The first-order valence-electron chi connectivity index (χ1n) is 6.54. The van der Waals surface area contributed by atoms with E-state index in [1.165, 1.54) is 18.2 Å². The summed E-state index contributed by atoms with van der Waals surface area (Å²) in [4.78, 5) is 12.0. The second-order valence-electron chi connectivity index (χ2n) is 4.72. The Morgan fingerprint density at radius 1 is 1.33 bits per heavy atom. The van der Waals surface area contributed by atoms with E-state index in [-0.39, 0.29) is 29.1 Å². The van der Waals surface area contributed by atoms with E-state index in [2.05, 4.69) is 20.8 Å². The Labute approximate surface area is 119 Å². The van der Waals surface area contributed by atoms with Crippen LogP contribution in [0.4, 0.5) is 6.01 Å². The molecule has 2 heterocycles. The number of phenolic OH excluding ortho intramolecular Hbond substituents is 2. The van der Waals surface area contributed by atoms with Crippen molar-refractivity contribution in [3.63, 3.8) is 0 Å². The molecule has 0 radical (unpaired) electrons. The predicted molar refractivity (Wildman–Crippen MR) is 72.0 cm³/mol. The molecule has 1 aliphatic heterocycles. The summed E-state index contributed by atoms with van der Waals surface area (Å²) in [6.07, 6.45) is 1.93. The number of carbonyl (C=O) groups excluding carboxylic acids is 1. The van der Waals surface area contributed by atoms with Crippen LogP contribution in [-0.2, 0) is 0 Å². The molecule has 1 aromatic heterocycles.